The van der Waals surface area contributed by atoms with Crippen LogP contribution in [0.4, 0.5) is 4.79 Å². The molecule has 4 rings (SSSR count). The molecule has 0 bridgehead atoms. The van der Waals surface area contributed by atoms with Gasteiger partial charge in [0.2, 0.25) is 5.91 Å². The number of fused-ring (bicyclic) bond motifs is 3. The van der Waals surface area contributed by atoms with Gasteiger partial charge in [-0.15, -0.1) is 0 Å². The van der Waals surface area contributed by atoms with Crippen LogP contribution in [0.15, 0.2) is 66.7 Å². The quantitative estimate of drug-likeness (QED) is 0.0876. The third-order valence-electron chi connectivity index (χ3n) is 9.22. The van der Waals surface area contributed by atoms with Crippen LogP contribution in [0.1, 0.15) is 94.2 Å². The predicted molar refractivity (Wildman–Crippen MR) is 203 cm³/mol. The fourth-order valence-electron chi connectivity index (χ4n) is 6.59. The Hall–Kier alpha value is -4.28. The van der Waals surface area contributed by atoms with Crippen LogP contribution in [0.25, 0.3) is 11.1 Å². The van der Waals surface area contributed by atoms with E-state index in [-0.39, 0.29) is 24.8 Å². The fraction of sp³-hybridized carbons (Fsp3) is 0.450. The van der Waals surface area contributed by atoms with Gasteiger partial charge in [-0.3, -0.25) is 14.5 Å². The maximum atomic E-state index is 13.1. The monoisotopic (exact) mass is 753 g/mol. The number of rotatable bonds is 22. The minimum absolute atomic E-state index is 0.00569. The van der Waals surface area contributed by atoms with Crippen LogP contribution in [0.3, 0.4) is 0 Å². The summed E-state index contributed by atoms with van der Waals surface area (Å²) in [6.45, 7) is 0.946. The molecule has 0 aliphatic heterocycles. The molecule has 1 aliphatic rings. The number of nitrogens with zero attached hydrogens (tertiary/aromatic N) is 1. The smallest absolute Gasteiger partial charge is 0.411 e. The van der Waals surface area contributed by atoms with Gasteiger partial charge in [0.15, 0.2) is 6.61 Å². The molecule has 0 aromatic heterocycles. The lowest BCUT2D eigenvalue weighted by Crippen LogP contribution is -2.47. The molecule has 3 amide bonds. The number of aliphatic carboxylic acids is 1. The summed E-state index contributed by atoms with van der Waals surface area (Å²) >= 11 is 11.9. The van der Waals surface area contributed by atoms with Crippen molar-refractivity contribution in [1.29, 1.82) is 0 Å². The molecular formula is C40H49Cl2N3O7. The molecule has 12 heteroatoms. The van der Waals surface area contributed by atoms with Gasteiger partial charge in [-0.2, -0.15) is 0 Å². The van der Waals surface area contributed by atoms with E-state index in [1.54, 1.807) is 18.2 Å². The Morgan fingerprint density at radius 2 is 1.31 bits per heavy atom. The van der Waals surface area contributed by atoms with Gasteiger partial charge >= 0.3 is 12.1 Å². The first-order valence-electron chi connectivity index (χ1n) is 18.1. The number of amides is 3. The number of hydrogen-bond donors (Lipinski definition) is 3. The van der Waals surface area contributed by atoms with Crippen LogP contribution in [0.5, 0.6) is 5.75 Å². The minimum atomic E-state index is -1.10. The fourth-order valence-corrected chi connectivity index (χ4v) is 7.06. The highest BCUT2D eigenvalue weighted by Gasteiger charge is 2.41. The molecule has 3 aromatic rings. The lowest BCUT2D eigenvalue weighted by molar-refractivity contribution is -0.143. The molecule has 0 spiro atoms. The average molecular weight is 755 g/mol. The summed E-state index contributed by atoms with van der Waals surface area (Å²) in [6.07, 6.45) is 9.22. The van der Waals surface area contributed by atoms with Gasteiger partial charge in [-0.25, -0.2) is 9.59 Å². The van der Waals surface area contributed by atoms with Crippen molar-refractivity contribution in [1.82, 2.24) is 15.5 Å². The molecule has 3 N–H and O–H groups in total. The molecule has 0 saturated carbocycles. The second-order valence-electron chi connectivity index (χ2n) is 12.9. The van der Waals surface area contributed by atoms with Crippen LogP contribution in [0.2, 0.25) is 10.0 Å². The summed E-state index contributed by atoms with van der Waals surface area (Å²) in [5.41, 5.74) is 3.69. The van der Waals surface area contributed by atoms with E-state index in [1.165, 1.54) is 12.0 Å². The third-order valence-corrected chi connectivity index (χ3v) is 9.75. The van der Waals surface area contributed by atoms with Crippen molar-refractivity contribution in [2.24, 2.45) is 0 Å². The van der Waals surface area contributed by atoms with Crippen molar-refractivity contribution >= 4 is 47.1 Å². The lowest BCUT2D eigenvalue weighted by Gasteiger charge is -2.34. The number of carboxylic acid groups (broad SMARTS) is 1. The first-order valence-corrected chi connectivity index (χ1v) is 18.9. The number of hydrogen-bond acceptors (Lipinski definition) is 6. The van der Waals surface area contributed by atoms with E-state index in [4.69, 9.17) is 32.7 Å². The van der Waals surface area contributed by atoms with E-state index >= 15 is 0 Å². The topological polar surface area (TPSA) is 134 Å². The zero-order valence-corrected chi connectivity index (χ0v) is 31.2. The molecule has 0 heterocycles. The maximum absolute atomic E-state index is 13.1. The molecule has 0 radical (unpaired) electrons. The maximum Gasteiger partial charge on any atom is 0.411 e. The predicted octanol–water partition coefficient (Wildman–Crippen LogP) is 8.58. The van der Waals surface area contributed by atoms with Crippen LogP contribution in [-0.2, 0) is 19.1 Å². The second kappa shape index (κ2) is 21.3. The lowest BCUT2D eigenvalue weighted by atomic mass is 9.99. The van der Waals surface area contributed by atoms with Gasteiger partial charge in [0.25, 0.3) is 5.91 Å². The number of methoxy groups -OCH3 is 1. The van der Waals surface area contributed by atoms with Gasteiger partial charge in [0.1, 0.15) is 11.8 Å². The molecule has 10 nitrogen and oxygen atoms in total. The number of unbranched alkanes of at least 4 members (excludes halogenated alkanes) is 8. The van der Waals surface area contributed by atoms with Gasteiger partial charge in [-0.05, 0) is 72.6 Å². The number of carboxylic acids is 1. The summed E-state index contributed by atoms with van der Waals surface area (Å²) in [6, 6.07) is 18.7. The van der Waals surface area contributed by atoms with Crippen molar-refractivity contribution in [2.45, 2.75) is 89.1 Å². The number of ether oxygens (including phenoxy) is 2. The third kappa shape index (κ3) is 11.9. The summed E-state index contributed by atoms with van der Waals surface area (Å²) in [5.74, 6) is -0.870. The van der Waals surface area contributed by atoms with Crippen molar-refractivity contribution in [3.05, 3.63) is 87.9 Å². The molecule has 3 aromatic carbocycles. The second-order valence-corrected chi connectivity index (χ2v) is 13.8. The van der Waals surface area contributed by atoms with Crippen molar-refractivity contribution < 1.29 is 33.8 Å². The van der Waals surface area contributed by atoms with Gasteiger partial charge in [0.05, 0.1) is 18.2 Å². The highest BCUT2D eigenvalue weighted by Crippen LogP contribution is 2.47. The van der Waals surface area contributed by atoms with Crippen molar-refractivity contribution in [3.63, 3.8) is 0 Å². The van der Waals surface area contributed by atoms with E-state index in [1.807, 2.05) is 48.5 Å². The van der Waals surface area contributed by atoms with Gasteiger partial charge in [0, 0.05) is 24.5 Å². The SMILES string of the molecule is COC(=O)N(C(CCCCNC(=O)CCCCCCCCCCNC(=O)COc1ccc(Cl)cc1Cl)C(=O)O)C1c2ccccc2-c2ccccc21. The molecule has 0 fully saturated rings. The zero-order valence-electron chi connectivity index (χ0n) is 29.7. The van der Waals surface area contributed by atoms with E-state index in [0.717, 1.165) is 73.6 Å². The normalized spacial score (nSPS) is 12.4. The largest absolute Gasteiger partial charge is 0.482 e. The van der Waals surface area contributed by atoms with E-state index in [0.29, 0.717) is 48.1 Å². The summed E-state index contributed by atoms with van der Waals surface area (Å²) in [4.78, 5) is 51.4. The summed E-state index contributed by atoms with van der Waals surface area (Å²) < 4.78 is 10.6. The first kappa shape index (κ1) is 40.5. The Bertz CT molecular complexity index is 1610. The van der Waals surface area contributed by atoms with E-state index in [9.17, 15) is 24.3 Å². The molecule has 52 heavy (non-hydrogen) atoms. The van der Waals surface area contributed by atoms with Crippen LogP contribution < -0.4 is 15.4 Å². The van der Waals surface area contributed by atoms with Crippen LogP contribution in [0, 0.1) is 0 Å². The summed E-state index contributed by atoms with van der Waals surface area (Å²) in [7, 11) is 1.27. The molecule has 1 atom stereocenters. The van der Waals surface area contributed by atoms with Gasteiger partial charge in [-0.1, -0.05) is 110 Å². The Morgan fingerprint density at radius 3 is 1.90 bits per heavy atom. The standard InChI is InChI=1S/C40H49Cl2N3O7/c1-51-40(50)45(38-31-18-11-9-16-29(31)30-17-10-12-19-32(30)38)34(39(48)49)20-13-15-25-43-36(46)21-8-6-4-2-3-5-7-14-24-44-37(47)27-52-35-23-22-28(41)26-33(35)42/h9-12,16-19,22-23,26,34,38H,2-8,13-15,20-21,24-25,27H2,1H3,(H,43,46)(H,44,47)(H,48,49). The molecule has 280 valence electrons. The highest BCUT2D eigenvalue weighted by atomic mass is 35.5. The minimum Gasteiger partial charge on any atom is -0.482 e. The Morgan fingerprint density at radius 1 is 0.750 bits per heavy atom. The molecular weight excluding hydrogens is 705 g/mol. The number of carbonyl (C=O) groups is 4. The van der Waals surface area contributed by atoms with Crippen LogP contribution in [-0.4, -0.2) is 66.7 Å². The average Bonchev–Trinajstić information content (AvgIpc) is 3.46. The Labute approximate surface area is 316 Å². The van der Waals surface area contributed by atoms with Crippen molar-refractivity contribution in [2.75, 3.05) is 26.8 Å². The molecule has 1 aliphatic carbocycles. The number of halogens is 2. The number of nitrogens with one attached hydrogen (secondary N) is 2. The first-order chi connectivity index (χ1) is 25.2. The van der Waals surface area contributed by atoms with E-state index < -0.39 is 24.1 Å². The van der Waals surface area contributed by atoms with E-state index in [2.05, 4.69) is 10.6 Å². The molecule has 0 saturated heterocycles. The zero-order chi connectivity index (χ0) is 37.3. The number of carbonyl (C=O) groups excluding carboxylic acids is 3. The molecule has 1 unspecified atom stereocenters. The van der Waals surface area contributed by atoms with Crippen molar-refractivity contribution in [3.8, 4) is 16.9 Å². The van der Waals surface area contributed by atoms with Crippen LogP contribution >= 0.6 is 23.2 Å². The summed E-state index contributed by atoms with van der Waals surface area (Å²) in [5, 5.41) is 16.9. The Balaban J connectivity index is 1.05. The van der Waals surface area contributed by atoms with Gasteiger partial charge < -0.3 is 25.2 Å². The Kier molecular flexibility index (Phi) is 16.6. The highest BCUT2D eigenvalue weighted by molar-refractivity contribution is 6.35. The number of benzene rings is 3.